The Balaban J connectivity index is 2.51. The number of esters is 1. The van der Waals surface area contributed by atoms with E-state index >= 15 is 0 Å². The van der Waals surface area contributed by atoms with E-state index in [1.54, 1.807) is 13.8 Å². The van der Waals surface area contributed by atoms with Crippen molar-refractivity contribution in [3.8, 4) is 0 Å². The van der Waals surface area contributed by atoms with Crippen LogP contribution in [0.2, 0.25) is 0 Å². The fourth-order valence-electron chi connectivity index (χ4n) is 1.66. The van der Waals surface area contributed by atoms with Crippen molar-refractivity contribution in [1.82, 2.24) is 0 Å². The Morgan fingerprint density at radius 3 is 2.65 bits per heavy atom. The maximum Gasteiger partial charge on any atom is 0.315 e. The van der Waals surface area contributed by atoms with Gasteiger partial charge in [-0.1, -0.05) is 17.7 Å². The molecule has 1 N–H and O–H groups in total. The zero-order valence-corrected chi connectivity index (χ0v) is 13.2. The summed E-state index contributed by atoms with van der Waals surface area (Å²) in [5.74, 6) is -0.204. The molecule has 4 nitrogen and oxygen atoms in total. The third-order valence-electron chi connectivity index (χ3n) is 2.77. The lowest BCUT2D eigenvalue weighted by Crippen LogP contribution is -2.24. The lowest BCUT2D eigenvalue weighted by Gasteiger charge is -2.13. The first-order valence-corrected chi connectivity index (χ1v) is 7.64. The number of hydrogen-bond donors (Lipinski definition) is 1. The highest BCUT2D eigenvalue weighted by molar-refractivity contribution is 8.01. The molecule has 0 spiro atoms. The Hall–Kier alpha value is -1.49. The molecule has 0 heterocycles. The quantitative estimate of drug-likeness (QED) is 0.820. The molecule has 0 aromatic heterocycles. The molecule has 20 heavy (non-hydrogen) atoms. The summed E-state index contributed by atoms with van der Waals surface area (Å²) in [4.78, 5) is 23.3. The number of rotatable bonds is 6. The summed E-state index contributed by atoms with van der Waals surface area (Å²) in [5.41, 5.74) is 3.00. The van der Waals surface area contributed by atoms with E-state index in [2.05, 4.69) is 5.32 Å². The van der Waals surface area contributed by atoms with Crippen LogP contribution in [-0.4, -0.2) is 29.5 Å². The molecule has 0 radical (unpaired) electrons. The molecule has 1 amide bonds. The van der Waals surface area contributed by atoms with Crippen LogP contribution < -0.4 is 5.32 Å². The van der Waals surface area contributed by atoms with E-state index in [0.29, 0.717) is 6.61 Å². The minimum Gasteiger partial charge on any atom is -0.465 e. The fraction of sp³-hybridized carbons (Fsp3) is 0.467. The number of carbonyl (C=O) groups is 2. The van der Waals surface area contributed by atoms with Gasteiger partial charge in [0, 0.05) is 5.69 Å². The van der Waals surface area contributed by atoms with Crippen LogP contribution in [0.5, 0.6) is 0 Å². The Morgan fingerprint density at radius 1 is 1.35 bits per heavy atom. The van der Waals surface area contributed by atoms with Gasteiger partial charge < -0.3 is 10.1 Å². The Morgan fingerprint density at radius 2 is 2.05 bits per heavy atom. The lowest BCUT2D eigenvalue weighted by molar-refractivity contribution is -0.139. The van der Waals surface area contributed by atoms with Crippen molar-refractivity contribution in [2.45, 2.75) is 32.9 Å². The molecule has 0 aliphatic carbocycles. The van der Waals surface area contributed by atoms with Crippen LogP contribution in [-0.2, 0) is 14.3 Å². The van der Waals surface area contributed by atoms with Gasteiger partial charge in [-0.15, -0.1) is 11.8 Å². The summed E-state index contributed by atoms with van der Waals surface area (Å²) < 4.78 is 4.83. The number of nitrogens with one attached hydrogen (secondary N) is 1. The van der Waals surface area contributed by atoms with Gasteiger partial charge in [-0.25, -0.2) is 0 Å². The van der Waals surface area contributed by atoms with E-state index in [-0.39, 0.29) is 22.9 Å². The van der Waals surface area contributed by atoms with Gasteiger partial charge in [0.05, 0.1) is 17.6 Å². The topological polar surface area (TPSA) is 55.4 Å². The highest BCUT2D eigenvalue weighted by Gasteiger charge is 2.16. The molecule has 0 saturated heterocycles. The maximum absolute atomic E-state index is 12.0. The summed E-state index contributed by atoms with van der Waals surface area (Å²) in [7, 11) is 0. The van der Waals surface area contributed by atoms with Crippen LogP contribution in [0.15, 0.2) is 18.2 Å². The van der Waals surface area contributed by atoms with Gasteiger partial charge in [0.15, 0.2) is 0 Å². The average molecular weight is 295 g/mol. The van der Waals surface area contributed by atoms with E-state index in [1.807, 2.05) is 32.0 Å². The molecule has 5 heteroatoms. The predicted octanol–water partition coefficient (Wildman–Crippen LogP) is 2.93. The zero-order chi connectivity index (χ0) is 15.1. The maximum atomic E-state index is 12.0. The lowest BCUT2D eigenvalue weighted by atomic mass is 10.1. The van der Waals surface area contributed by atoms with E-state index in [9.17, 15) is 9.59 Å². The molecule has 0 bridgehead atoms. The third-order valence-corrected chi connectivity index (χ3v) is 3.88. The SMILES string of the molecule is CCOC(=O)CSC(C)C(=O)Nc1ccc(C)cc1C. The van der Waals surface area contributed by atoms with Crippen molar-refractivity contribution in [2.24, 2.45) is 0 Å². The van der Waals surface area contributed by atoms with Gasteiger partial charge in [-0.05, 0) is 39.3 Å². The number of aryl methyl sites for hydroxylation is 2. The Bertz CT molecular complexity index is 488. The molecule has 1 aromatic rings. The van der Waals surface area contributed by atoms with Crippen molar-refractivity contribution < 1.29 is 14.3 Å². The van der Waals surface area contributed by atoms with Gasteiger partial charge >= 0.3 is 5.97 Å². The standard InChI is InChI=1S/C15H21NO3S/c1-5-19-14(17)9-20-12(4)15(18)16-13-7-6-10(2)8-11(13)3/h6-8,12H,5,9H2,1-4H3,(H,16,18). The molecule has 0 fully saturated rings. The first-order chi connectivity index (χ1) is 9.43. The Kier molecular flexibility index (Phi) is 6.58. The molecule has 110 valence electrons. The van der Waals surface area contributed by atoms with Crippen molar-refractivity contribution in [2.75, 3.05) is 17.7 Å². The molecule has 0 aliphatic rings. The van der Waals surface area contributed by atoms with Crippen molar-refractivity contribution >= 4 is 29.3 Å². The highest BCUT2D eigenvalue weighted by atomic mass is 32.2. The number of carbonyl (C=O) groups excluding carboxylic acids is 2. The van der Waals surface area contributed by atoms with E-state index in [1.165, 1.54) is 11.8 Å². The molecular formula is C15H21NO3S. The summed E-state index contributed by atoms with van der Waals surface area (Å²) in [6, 6.07) is 5.87. The first-order valence-electron chi connectivity index (χ1n) is 6.59. The Labute approximate surface area is 124 Å². The van der Waals surface area contributed by atoms with Gasteiger partial charge in [-0.3, -0.25) is 9.59 Å². The number of benzene rings is 1. The van der Waals surface area contributed by atoms with Gasteiger partial charge in [0.25, 0.3) is 0 Å². The molecule has 0 aliphatic heterocycles. The van der Waals surface area contributed by atoms with Crippen LogP contribution in [0.4, 0.5) is 5.69 Å². The van der Waals surface area contributed by atoms with Crippen LogP contribution in [0.1, 0.15) is 25.0 Å². The first kappa shape index (κ1) is 16.6. The molecule has 1 rings (SSSR count). The molecular weight excluding hydrogens is 274 g/mol. The average Bonchev–Trinajstić information content (AvgIpc) is 2.39. The molecule has 1 unspecified atom stereocenters. The number of ether oxygens (including phenoxy) is 1. The number of anilines is 1. The summed E-state index contributed by atoms with van der Waals surface area (Å²) in [5, 5.41) is 2.58. The van der Waals surface area contributed by atoms with E-state index in [0.717, 1.165) is 16.8 Å². The second kappa shape index (κ2) is 7.94. The minimum atomic E-state index is -0.305. The number of amides is 1. The largest absolute Gasteiger partial charge is 0.465 e. The van der Waals surface area contributed by atoms with Crippen molar-refractivity contribution in [3.63, 3.8) is 0 Å². The molecule has 0 saturated carbocycles. The number of hydrogen-bond acceptors (Lipinski definition) is 4. The number of thioether (sulfide) groups is 1. The predicted molar refractivity (Wildman–Crippen MR) is 83.1 cm³/mol. The monoisotopic (exact) mass is 295 g/mol. The normalized spacial score (nSPS) is 11.8. The van der Waals surface area contributed by atoms with E-state index in [4.69, 9.17) is 4.74 Å². The highest BCUT2D eigenvalue weighted by Crippen LogP contribution is 2.18. The zero-order valence-electron chi connectivity index (χ0n) is 12.4. The third kappa shape index (κ3) is 5.25. The van der Waals surface area contributed by atoms with Crippen molar-refractivity contribution in [1.29, 1.82) is 0 Å². The van der Waals surface area contributed by atoms with Crippen LogP contribution in [0.3, 0.4) is 0 Å². The van der Waals surface area contributed by atoms with Gasteiger partial charge in [-0.2, -0.15) is 0 Å². The van der Waals surface area contributed by atoms with Crippen LogP contribution in [0, 0.1) is 13.8 Å². The summed E-state index contributed by atoms with van der Waals surface area (Å²) in [6.45, 7) is 7.87. The van der Waals surface area contributed by atoms with Gasteiger partial charge in [0.1, 0.15) is 0 Å². The fourth-order valence-corrected chi connectivity index (χ4v) is 2.34. The van der Waals surface area contributed by atoms with Crippen LogP contribution in [0.25, 0.3) is 0 Å². The van der Waals surface area contributed by atoms with Crippen LogP contribution >= 0.6 is 11.8 Å². The van der Waals surface area contributed by atoms with Crippen molar-refractivity contribution in [3.05, 3.63) is 29.3 Å². The second-order valence-electron chi connectivity index (χ2n) is 4.57. The summed E-state index contributed by atoms with van der Waals surface area (Å²) in [6.07, 6.45) is 0. The molecule has 1 aromatic carbocycles. The minimum absolute atomic E-state index is 0.105. The van der Waals surface area contributed by atoms with Gasteiger partial charge in [0.2, 0.25) is 5.91 Å². The second-order valence-corrected chi connectivity index (χ2v) is 5.89. The summed E-state index contributed by atoms with van der Waals surface area (Å²) >= 11 is 1.27. The smallest absolute Gasteiger partial charge is 0.315 e. The van der Waals surface area contributed by atoms with E-state index < -0.39 is 0 Å². The molecule has 1 atom stereocenters.